The average molecular weight is 295 g/mol. The van der Waals surface area contributed by atoms with Crippen molar-refractivity contribution in [1.82, 2.24) is 0 Å². The molecule has 19 heavy (non-hydrogen) atoms. The minimum Gasteiger partial charge on any atom is -0.372 e. The van der Waals surface area contributed by atoms with Crippen LogP contribution >= 0.6 is 11.6 Å². The molecule has 1 aromatic rings. The second-order valence-electron chi connectivity index (χ2n) is 4.57. The second-order valence-corrected chi connectivity index (χ2v) is 4.88. The first kappa shape index (κ1) is 16.3. The summed E-state index contributed by atoms with van der Waals surface area (Å²) < 4.78 is 40.2. The Morgan fingerprint density at radius 1 is 1.21 bits per heavy atom. The molecule has 0 spiro atoms. The maximum absolute atomic E-state index is 11.9. The van der Waals surface area contributed by atoms with Crippen LogP contribution in [0.15, 0.2) is 24.3 Å². The molecule has 0 saturated heterocycles. The van der Waals surface area contributed by atoms with Crippen LogP contribution in [0, 0.1) is 6.92 Å². The van der Waals surface area contributed by atoms with Crippen molar-refractivity contribution in [2.75, 3.05) is 19.1 Å². The van der Waals surface area contributed by atoms with E-state index in [1.54, 1.807) is 0 Å². The normalized spacial score (nSPS) is 13.5. The van der Waals surface area contributed by atoms with Gasteiger partial charge in [0.25, 0.3) is 0 Å². The van der Waals surface area contributed by atoms with E-state index in [4.69, 9.17) is 11.6 Å². The number of alkyl halides is 4. The predicted molar refractivity (Wildman–Crippen MR) is 70.7 cm³/mol. The molecule has 1 rings (SSSR count). The van der Waals surface area contributed by atoms with Crippen molar-refractivity contribution < 1.29 is 17.9 Å². The third-order valence-electron chi connectivity index (χ3n) is 2.84. The number of hydrogen-bond acceptors (Lipinski definition) is 1. The van der Waals surface area contributed by atoms with Crippen LogP contribution in [0.4, 0.5) is 13.2 Å². The lowest BCUT2D eigenvalue weighted by molar-refractivity contribution is -0.174. The van der Waals surface area contributed by atoms with Crippen LogP contribution in [0.25, 0.3) is 0 Å². The Morgan fingerprint density at radius 3 is 2.37 bits per heavy atom. The van der Waals surface area contributed by atoms with E-state index in [0.717, 1.165) is 12.0 Å². The number of benzene rings is 1. The molecule has 0 aliphatic heterocycles. The van der Waals surface area contributed by atoms with Crippen LogP contribution in [0.3, 0.4) is 0 Å². The maximum atomic E-state index is 11.9. The molecule has 1 nitrogen and oxygen atoms in total. The van der Waals surface area contributed by atoms with Crippen molar-refractivity contribution >= 4 is 11.6 Å². The van der Waals surface area contributed by atoms with E-state index in [-0.39, 0.29) is 12.5 Å². The van der Waals surface area contributed by atoms with E-state index in [0.29, 0.717) is 12.3 Å². The van der Waals surface area contributed by atoms with Gasteiger partial charge in [0, 0.05) is 12.5 Å². The van der Waals surface area contributed by atoms with Gasteiger partial charge >= 0.3 is 6.18 Å². The maximum Gasteiger partial charge on any atom is 0.411 e. The van der Waals surface area contributed by atoms with Crippen molar-refractivity contribution in [2.45, 2.75) is 31.9 Å². The van der Waals surface area contributed by atoms with E-state index in [1.165, 1.54) is 5.56 Å². The van der Waals surface area contributed by atoms with Crippen molar-refractivity contribution in [3.63, 3.8) is 0 Å². The third-order valence-corrected chi connectivity index (χ3v) is 3.21. The summed E-state index contributed by atoms with van der Waals surface area (Å²) >= 11 is 5.91. The highest BCUT2D eigenvalue weighted by atomic mass is 35.5. The quantitative estimate of drug-likeness (QED) is 0.524. The van der Waals surface area contributed by atoms with Gasteiger partial charge in [-0.3, -0.25) is 0 Å². The van der Waals surface area contributed by atoms with Crippen molar-refractivity contribution in [2.24, 2.45) is 0 Å². The smallest absolute Gasteiger partial charge is 0.372 e. The number of aryl methyl sites for hydroxylation is 1. The lowest BCUT2D eigenvalue weighted by Gasteiger charge is -2.15. The summed E-state index contributed by atoms with van der Waals surface area (Å²) in [5.74, 6) is 0.624. The van der Waals surface area contributed by atoms with E-state index < -0.39 is 12.8 Å². The van der Waals surface area contributed by atoms with Gasteiger partial charge in [0.1, 0.15) is 6.61 Å². The molecule has 0 aliphatic rings. The average Bonchev–Trinajstić information content (AvgIpc) is 2.34. The summed E-state index contributed by atoms with van der Waals surface area (Å²) in [7, 11) is 0. The van der Waals surface area contributed by atoms with E-state index in [9.17, 15) is 13.2 Å². The molecule has 1 unspecified atom stereocenters. The summed E-state index contributed by atoms with van der Waals surface area (Å²) in [5, 5.41) is 0. The second kappa shape index (κ2) is 7.75. The highest BCUT2D eigenvalue weighted by Crippen LogP contribution is 2.23. The van der Waals surface area contributed by atoms with E-state index >= 15 is 0 Å². The zero-order valence-corrected chi connectivity index (χ0v) is 11.6. The van der Waals surface area contributed by atoms with Crippen LogP contribution in [0.1, 0.15) is 29.9 Å². The number of hydrogen-bond donors (Lipinski definition) is 0. The molecule has 0 bridgehead atoms. The van der Waals surface area contributed by atoms with E-state index in [1.807, 2.05) is 31.2 Å². The summed E-state index contributed by atoms with van der Waals surface area (Å²) in [5.41, 5.74) is 2.29. The van der Waals surface area contributed by atoms with Gasteiger partial charge in [-0.05, 0) is 31.2 Å². The van der Waals surface area contributed by atoms with Crippen LogP contribution < -0.4 is 0 Å². The molecule has 0 N–H and O–H groups in total. The molecule has 0 saturated carbocycles. The molecule has 0 aliphatic carbocycles. The standard InChI is InChI=1S/C14H18ClF3O/c1-11-4-6-12(7-5-11)13(9-15)3-2-8-19-10-14(16,17)18/h4-7,13H,2-3,8-10H2,1H3. The number of ether oxygens (including phenoxy) is 1. The monoisotopic (exact) mass is 294 g/mol. The SMILES string of the molecule is Cc1ccc(C(CCl)CCCOCC(F)(F)F)cc1. The molecule has 1 atom stereocenters. The molecule has 1 aromatic carbocycles. The first-order valence-electron chi connectivity index (χ1n) is 6.19. The van der Waals surface area contributed by atoms with Crippen LogP contribution in [0.2, 0.25) is 0 Å². The predicted octanol–water partition coefficient (Wildman–Crippen LogP) is 4.68. The molecule has 108 valence electrons. The fraction of sp³-hybridized carbons (Fsp3) is 0.571. The topological polar surface area (TPSA) is 9.23 Å². The van der Waals surface area contributed by atoms with Gasteiger partial charge in [-0.1, -0.05) is 29.8 Å². The molecule has 5 heteroatoms. The molecule has 0 aromatic heterocycles. The minimum atomic E-state index is -4.25. The number of rotatable bonds is 7. The Labute approximate surface area is 116 Å². The van der Waals surface area contributed by atoms with Gasteiger partial charge < -0.3 is 4.74 Å². The van der Waals surface area contributed by atoms with Gasteiger partial charge in [0.05, 0.1) is 0 Å². The zero-order valence-electron chi connectivity index (χ0n) is 10.8. The zero-order chi connectivity index (χ0) is 14.3. The lowest BCUT2D eigenvalue weighted by Crippen LogP contribution is -2.17. The first-order chi connectivity index (χ1) is 8.92. The van der Waals surface area contributed by atoms with Gasteiger partial charge in [-0.2, -0.15) is 13.2 Å². The highest BCUT2D eigenvalue weighted by Gasteiger charge is 2.27. The minimum absolute atomic E-state index is 0.110. The van der Waals surface area contributed by atoms with Gasteiger partial charge in [0.2, 0.25) is 0 Å². The molecule has 0 amide bonds. The molecule has 0 fully saturated rings. The molecule has 0 radical (unpaired) electrons. The Bertz CT molecular complexity index is 362. The van der Waals surface area contributed by atoms with E-state index in [2.05, 4.69) is 4.74 Å². The Hall–Kier alpha value is -0.740. The lowest BCUT2D eigenvalue weighted by atomic mass is 9.95. The molecule has 0 heterocycles. The Kier molecular flexibility index (Phi) is 6.66. The van der Waals surface area contributed by atoms with Crippen molar-refractivity contribution in [1.29, 1.82) is 0 Å². The Morgan fingerprint density at radius 2 is 1.84 bits per heavy atom. The first-order valence-corrected chi connectivity index (χ1v) is 6.73. The molecular formula is C14H18ClF3O. The number of halogens is 4. The summed E-state index contributed by atoms with van der Waals surface area (Å²) in [6, 6.07) is 8.04. The summed E-state index contributed by atoms with van der Waals surface area (Å²) in [4.78, 5) is 0. The van der Waals surface area contributed by atoms with Crippen molar-refractivity contribution in [3.8, 4) is 0 Å². The van der Waals surface area contributed by atoms with Crippen LogP contribution in [0.5, 0.6) is 0 Å². The molecular weight excluding hydrogens is 277 g/mol. The van der Waals surface area contributed by atoms with Gasteiger partial charge in [0.15, 0.2) is 0 Å². The summed E-state index contributed by atoms with van der Waals surface area (Å²) in [6.07, 6.45) is -2.95. The van der Waals surface area contributed by atoms with Gasteiger partial charge in [-0.25, -0.2) is 0 Å². The van der Waals surface area contributed by atoms with Gasteiger partial charge in [-0.15, -0.1) is 11.6 Å². The van der Waals surface area contributed by atoms with Crippen LogP contribution in [-0.4, -0.2) is 25.3 Å². The fourth-order valence-electron chi connectivity index (χ4n) is 1.79. The highest BCUT2D eigenvalue weighted by molar-refractivity contribution is 6.18. The summed E-state index contributed by atoms with van der Waals surface area (Å²) in [6.45, 7) is 0.937. The Balaban J connectivity index is 2.31. The van der Waals surface area contributed by atoms with Crippen LogP contribution in [-0.2, 0) is 4.74 Å². The van der Waals surface area contributed by atoms with Crippen molar-refractivity contribution in [3.05, 3.63) is 35.4 Å². The third kappa shape index (κ3) is 6.83. The fourth-order valence-corrected chi connectivity index (χ4v) is 2.12. The largest absolute Gasteiger partial charge is 0.411 e.